The van der Waals surface area contributed by atoms with Gasteiger partial charge in [0.15, 0.2) is 6.00 Å². The number of likely N-dealkylation sites (N-methyl/N-ethyl adjacent to an activating group) is 2. The molecule has 0 spiro atoms. The normalized spacial score (nSPS) is 42.0. The number of nitrogens with zero attached hydrogens (tertiary/aromatic N) is 2. The molecule has 2 fully saturated rings. The van der Waals surface area contributed by atoms with Crippen LogP contribution in [-0.4, -0.2) is 56.1 Å². The maximum absolute atomic E-state index is 3.54. The molecule has 0 amide bonds. The van der Waals surface area contributed by atoms with E-state index in [1.165, 1.54) is 0 Å². The number of nitrogens with one attached hydrogen (secondary N) is 2. The molecule has 0 aliphatic carbocycles. The Morgan fingerprint density at radius 2 is 1.31 bits per heavy atom. The van der Waals surface area contributed by atoms with Gasteiger partial charge < -0.3 is 0 Å². The summed E-state index contributed by atoms with van der Waals surface area (Å²) in [5.74, 6) is 0. The first kappa shape index (κ1) is 14.4. The van der Waals surface area contributed by atoms with Crippen molar-refractivity contribution in [3.8, 4) is 0 Å². The fourth-order valence-corrected chi connectivity index (χ4v) is 7.01. The molecule has 94 valence electrons. The Labute approximate surface area is 132 Å². The van der Waals surface area contributed by atoms with Crippen LogP contribution in [-0.2, 0) is 0 Å². The molecule has 0 aromatic rings. The highest BCUT2D eigenvalue weighted by Gasteiger charge is 2.43. The first-order chi connectivity index (χ1) is 7.46. The molecule has 0 aromatic heterocycles. The first-order valence-corrected chi connectivity index (χ1v) is 9.44. The minimum Gasteiger partial charge on any atom is -0.280 e. The van der Waals surface area contributed by atoms with Crippen LogP contribution in [0.25, 0.3) is 0 Å². The van der Waals surface area contributed by atoms with E-state index in [4.69, 9.17) is 0 Å². The molecule has 2 aliphatic rings. The fraction of sp³-hybridized carbons (Fsp3) is 1.00. The van der Waals surface area contributed by atoms with Crippen molar-refractivity contribution in [3.05, 3.63) is 0 Å². The highest BCUT2D eigenvalue weighted by Crippen LogP contribution is 2.51. The van der Waals surface area contributed by atoms with Crippen molar-refractivity contribution in [2.24, 2.45) is 0 Å². The van der Waals surface area contributed by atoms with Crippen LogP contribution in [0.3, 0.4) is 0 Å². The van der Waals surface area contributed by atoms with Crippen LogP contribution in [0.15, 0.2) is 0 Å². The van der Waals surface area contributed by atoms with Gasteiger partial charge in [-0.15, -0.1) is 0 Å². The molecule has 4 nitrogen and oxygen atoms in total. The average Bonchev–Trinajstić information content (AvgIpc) is 2.73. The minimum absolute atomic E-state index is 0.0334. The molecule has 2 atom stereocenters. The monoisotopic (exact) mass is 486 g/mol. The molecule has 0 aromatic carbocycles. The third-order valence-electron chi connectivity index (χ3n) is 2.82. The second-order valence-electron chi connectivity index (χ2n) is 3.99. The predicted octanol–water partition coefficient (Wildman–Crippen LogP) is 1.53. The van der Waals surface area contributed by atoms with Crippen LogP contribution in [0.4, 0.5) is 0 Å². The second-order valence-corrected chi connectivity index (χ2v) is 11.1. The standard InChI is InChI=1S/C8H16I2N4S2/c1-13-5-3-11-7(13,9)15-16-8(10)12-4-6-14(8)2/h11-12H,3-6H2,1-2H3. The minimum atomic E-state index is 0.0334. The van der Waals surface area contributed by atoms with E-state index in [0.717, 1.165) is 26.2 Å². The van der Waals surface area contributed by atoms with E-state index in [1.807, 2.05) is 21.6 Å². The lowest BCUT2D eigenvalue weighted by Crippen LogP contribution is -2.43. The lowest BCUT2D eigenvalue weighted by Gasteiger charge is -2.34. The Morgan fingerprint density at radius 3 is 1.56 bits per heavy atom. The average molecular weight is 486 g/mol. The van der Waals surface area contributed by atoms with Gasteiger partial charge in [0.25, 0.3) is 0 Å². The largest absolute Gasteiger partial charge is 0.280 e. The summed E-state index contributed by atoms with van der Waals surface area (Å²) in [6.07, 6.45) is 0. The van der Waals surface area contributed by atoms with Crippen molar-refractivity contribution < 1.29 is 0 Å². The molecular formula is C8H16I2N4S2. The zero-order valence-electron chi connectivity index (χ0n) is 9.30. The van der Waals surface area contributed by atoms with Crippen LogP contribution in [0, 0.1) is 0 Å². The van der Waals surface area contributed by atoms with Crippen molar-refractivity contribution in [2.45, 2.75) is 6.00 Å². The third-order valence-corrected chi connectivity index (χ3v) is 11.5. The van der Waals surface area contributed by atoms with E-state index >= 15 is 0 Å². The summed E-state index contributed by atoms with van der Waals surface area (Å²) in [7, 11) is 8.15. The van der Waals surface area contributed by atoms with Crippen LogP contribution in [0.2, 0.25) is 0 Å². The summed E-state index contributed by atoms with van der Waals surface area (Å²) >= 11 is 5.00. The van der Waals surface area contributed by atoms with Gasteiger partial charge in [0.2, 0.25) is 0 Å². The van der Waals surface area contributed by atoms with Crippen LogP contribution in [0.1, 0.15) is 0 Å². The van der Waals surface area contributed by atoms with Gasteiger partial charge in [-0.1, -0.05) is 0 Å². The number of hydrogen-bond acceptors (Lipinski definition) is 6. The molecule has 0 radical (unpaired) electrons. The summed E-state index contributed by atoms with van der Waals surface area (Å²) in [6.45, 7) is 4.39. The smallest absolute Gasteiger partial charge is 0.182 e. The summed E-state index contributed by atoms with van der Waals surface area (Å²) in [6, 6.07) is 0. The molecule has 16 heavy (non-hydrogen) atoms. The Balaban J connectivity index is 1.91. The van der Waals surface area contributed by atoms with Gasteiger partial charge >= 0.3 is 0 Å². The van der Waals surface area contributed by atoms with Crippen molar-refractivity contribution in [2.75, 3.05) is 40.3 Å². The van der Waals surface area contributed by atoms with Crippen molar-refractivity contribution >= 4 is 66.8 Å². The number of rotatable bonds is 3. The number of alkyl halides is 2. The maximum Gasteiger partial charge on any atom is 0.182 e. The third kappa shape index (κ3) is 2.94. The van der Waals surface area contributed by atoms with E-state index < -0.39 is 0 Å². The number of hydrogen-bond donors (Lipinski definition) is 2. The molecule has 2 saturated heterocycles. The quantitative estimate of drug-likeness (QED) is 0.273. The van der Waals surface area contributed by atoms with Gasteiger partial charge in [-0.05, 0) is 80.9 Å². The molecule has 2 rings (SSSR count). The van der Waals surface area contributed by atoms with Crippen molar-refractivity contribution in [3.63, 3.8) is 0 Å². The fourth-order valence-electron chi connectivity index (χ4n) is 1.61. The molecule has 2 aliphatic heterocycles. The van der Waals surface area contributed by atoms with Crippen LogP contribution in [0.5, 0.6) is 0 Å². The summed E-state index contributed by atoms with van der Waals surface area (Å²) in [5, 5.41) is 7.09. The zero-order valence-corrected chi connectivity index (χ0v) is 15.2. The highest BCUT2D eigenvalue weighted by atomic mass is 127. The van der Waals surface area contributed by atoms with Crippen LogP contribution < -0.4 is 10.6 Å². The van der Waals surface area contributed by atoms with E-state index in [1.54, 1.807) is 0 Å². The maximum atomic E-state index is 3.54. The Morgan fingerprint density at radius 1 is 0.938 bits per heavy atom. The number of halogens is 2. The molecular weight excluding hydrogens is 470 g/mol. The Kier molecular flexibility index (Phi) is 5.00. The van der Waals surface area contributed by atoms with E-state index in [2.05, 4.69) is 79.7 Å². The molecule has 2 N–H and O–H groups in total. The summed E-state index contributed by atoms with van der Waals surface area (Å²) in [4.78, 5) is 4.72. The van der Waals surface area contributed by atoms with Crippen LogP contribution >= 0.6 is 66.8 Å². The van der Waals surface area contributed by atoms with E-state index in [0.29, 0.717) is 0 Å². The first-order valence-electron chi connectivity index (χ1n) is 5.13. The lowest BCUT2D eigenvalue weighted by molar-refractivity contribution is 0.366. The Hall–Kier alpha value is 2.00. The van der Waals surface area contributed by atoms with Crippen molar-refractivity contribution in [1.82, 2.24) is 20.4 Å². The summed E-state index contributed by atoms with van der Waals surface area (Å²) in [5.41, 5.74) is 0. The second kappa shape index (κ2) is 5.55. The summed E-state index contributed by atoms with van der Waals surface area (Å²) < 4.78 is 0.0669. The molecule has 2 heterocycles. The molecule has 2 unspecified atom stereocenters. The SMILES string of the molecule is CN1CCNC1(I)SSC1(I)NCCN1C. The topological polar surface area (TPSA) is 30.5 Å². The van der Waals surface area contributed by atoms with Gasteiger partial charge in [0, 0.05) is 26.2 Å². The lowest BCUT2D eigenvalue weighted by atomic mass is 10.7. The van der Waals surface area contributed by atoms with Gasteiger partial charge in [0.1, 0.15) is 0 Å². The molecule has 0 bridgehead atoms. The predicted molar refractivity (Wildman–Crippen MR) is 89.9 cm³/mol. The van der Waals surface area contributed by atoms with Gasteiger partial charge in [-0.2, -0.15) is 0 Å². The zero-order chi connectivity index (χ0) is 11.8. The van der Waals surface area contributed by atoms with Gasteiger partial charge in [0.05, 0.1) is 0 Å². The Bertz CT molecular complexity index is 246. The molecule has 0 saturated carbocycles. The molecule has 8 heteroatoms. The van der Waals surface area contributed by atoms with E-state index in [-0.39, 0.29) is 6.00 Å². The highest BCUT2D eigenvalue weighted by molar-refractivity contribution is 14.1. The van der Waals surface area contributed by atoms with Crippen molar-refractivity contribution in [1.29, 1.82) is 0 Å². The van der Waals surface area contributed by atoms with Gasteiger partial charge in [-0.25, -0.2) is 0 Å². The van der Waals surface area contributed by atoms with E-state index in [9.17, 15) is 0 Å². The van der Waals surface area contributed by atoms with Gasteiger partial charge in [-0.3, -0.25) is 20.4 Å².